The Morgan fingerprint density at radius 3 is 1.15 bits per heavy atom. The third kappa shape index (κ3) is 33.9. The summed E-state index contributed by atoms with van der Waals surface area (Å²) in [4.78, 5) is 0. The van der Waals surface area contributed by atoms with E-state index in [1.54, 1.807) is 0 Å². The van der Waals surface area contributed by atoms with E-state index in [4.69, 9.17) is 0 Å². The van der Waals surface area contributed by atoms with Crippen molar-refractivity contribution in [1.29, 1.82) is 0 Å². The molecule has 0 aliphatic rings. The van der Waals surface area contributed by atoms with Crippen LogP contribution in [0.5, 0.6) is 0 Å². The largest absolute Gasteiger partial charge is 2.00 e. The molecule has 3 heteroatoms. The van der Waals surface area contributed by atoms with E-state index in [1.165, 1.54) is 0 Å². The average molecular weight is 236 g/mol. The summed E-state index contributed by atoms with van der Waals surface area (Å²) in [6, 6.07) is 0. The van der Waals surface area contributed by atoms with Crippen LogP contribution in [0.1, 0.15) is 39.5 Å². The third-order valence-corrected chi connectivity index (χ3v) is 1.06. The fourth-order valence-corrected chi connectivity index (χ4v) is 0.558. The molecule has 0 fully saturated rings. The van der Waals surface area contributed by atoms with Crippen LogP contribution < -0.4 is 10.2 Å². The van der Waals surface area contributed by atoms with Gasteiger partial charge in [-0.15, -0.1) is 24.7 Å². The van der Waals surface area contributed by atoms with Crippen LogP contribution in [0.3, 0.4) is 0 Å². The summed E-state index contributed by atoms with van der Waals surface area (Å²) in [5.74, 6) is 0.0787. The Balaban J connectivity index is -0.000000143. The minimum absolute atomic E-state index is 0. The summed E-state index contributed by atoms with van der Waals surface area (Å²) < 4.78 is 0. The number of hydrogen-bond donors (Lipinski definition) is 0. The monoisotopic (exact) mass is 234 g/mol. The molecule has 0 N–H and O–H groups in total. The van der Waals surface area contributed by atoms with Gasteiger partial charge in [-0.05, 0) is 12.8 Å². The summed E-state index contributed by atoms with van der Waals surface area (Å²) in [6.45, 7) is 10.3. The molecule has 0 bridgehead atoms. The molecule has 0 rings (SSSR count). The average Bonchev–Trinajstić information content (AvgIpc) is 1.87. The van der Waals surface area contributed by atoms with Crippen LogP contribution in [0.4, 0.5) is 0 Å². The zero-order valence-electron chi connectivity index (χ0n) is 8.77. The number of rotatable bonds is 4. The fraction of sp³-hybridized carbons (Fsp3) is 0.600. The van der Waals surface area contributed by atoms with Crippen molar-refractivity contribution < 1.29 is 29.7 Å². The molecule has 0 spiro atoms. The van der Waals surface area contributed by atoms with Crippen molar-refractivity contribution in [1.82, 2.24) is 0 Å². The van der Waals surface area contributed by atoms with E-state index in [0.717, 1.165) is 12.8 Å². The second-order valence-electron chi connectivity index (χ2n) is 2.58. The van der Waals surface area contributed by atoms with E-state index >= 15 is 0 Å². The molecule has 0 atom stereocenters. The molecule has 2 nitrogen and oxygen atoms in total. The first-order chi connectivity index (χ1) is 5.54. The predicted octanol–water partition coefficient (Wildman–Crippen LogP) is 1.32. The smallest absolute Gasteiger partial charge is 0.876 e. The fourth-order valence-electron chi connectivity index (χ4n) is 0.558. The maximum atomic E-state index is 9.93. The zero-order chi connectivity index (χ0) is 9.98. The quantitative estimate of drug-likeness (QED) is 0.545. The molecular formula is C10H18O2Zn. The Bertz CT molecular complexity index is 117. The summed E-state index contributed by atoms with van der Waals surface area (Å²) in [7, 11) is 0. The number of hydrogen-bond acceptors (Lipinski definition) is 2. The van der Waals surface area contributed by atoms with Crippen LogP contribution in [-0.4, -0.2) is 0 Å². The summed E-state index contributed by atoms with van der Waals surface area (Å²) in [6.07, 6.45) is 3.09. The van der Waals surface area contributed by atoms with Gasteiger partial charge in [0.15, 0.2) is 0 Å². The molecule has 72 valence electrons. The van der Waals surface area contributed by atoms with E-state index < -0.39 is 0 Å². The SMILES string of the molecule is C=C([O-])CCC.C=C([O-])CCC.[Zn+2]. The van der Waals surface area contributed by atoms with Crippen LogP contribution in [0.2, 0.25) is 0 Å². The normalized spacial score (nSPS) is 7.54. The Kier molecular flexibility index (Phi) is 20.2. The minimum atomic E-state index is 0. The van der Waals surface area contributed by atoms with Crippen molar-refractivity contribution in [3.8, 4) is 0 Å². The van der Waals surface area contributed by atoms with Crippen molar-refractivity contribution in [2.45, 2.75) is 39.5 Å². The molecule has 0 saturated heterocycles. The topological polar surface area (TPSA) is 46.1 Å². The van der Waals surface area contributed by atoms with E-state index in [9.17, 15) is 10.2 Å². The van der Waals surface area contributed by atoms with Crippen LogP contribution in [-0.2, 0) is 19.5 Å². The van der Waals surface area contributed by atoms with Crippen molar-refractivity contribution in [3.05, 3.63) is 24.7 Å². The van der Waals surface area contributed by atoms with E-state index in [2.05, 4.69) is 13.2 Å². The first kappa shape index (κ1) is 18.5. The zero-order valence-corrected chi connectivity index (χ0v) is 11.7. The molecule has 13 heavy (non-hydrogen) atoms. The van der Waals surface area contributed by atoms with E-state index in [0.29, 0.717) is 12.8 Å². The van der Waals surface area contributed by atoms with Crippen LogP contribution >= 0.6 is 0 Å². The van der Waals surface area contributed by atoms with Crippen molar-refractivity contribution >= 4 is 0 Å². The number of allylic oxidation sites excluding steroid dienone is 2. The van der Waals surface area contributed by atoms with E-state index in [-0.39, 0.29) is 31.0 Å². The van der Waals surface area contributed by atoms with Crippen LogP contribution in [0.25, 0.3) is 0 Å². The molecule has 0 unspecified atom stereocenters. The molecule has 0 aromatic rings. The van der Waals surface area contributed by atoms with Gasteiger partial charge in [-0.25, -0.2) is 0 Å². The first-order valence-electron chi connectivity index (χ1n) is 4.24. The van der Waals surface area contributed by atoms with Gasteiger partial charge < -0.3 is 10.2 Å². The van der Waals surface area contributed by atoms with Crippen molar-refractivity contribution in [2.75, 3.05) is 0 Å². The molecule has 0 radical (unpaired) electrons. The molecular weight excluding hydrogens is 217 g/mol. The van der Waals surface area contributed by atoms with Crippen molar-refractivity contribution in [3.63, 3.8) is 0 Å². The summed E-state index contributed by atoms with van der Waals surface area (Å²) >= 11 is 0. The van der Waals surface area contributed by atoms with Gasteiger partial charge in [0.05, 0.1) is 0 Å². The van der Waals surface area contributed by atoms with Gasteiger partial charge in [0, 0.05) is 0 Å². The van der Waals surface area contributed by atoms with Gasteiger partial charge in [-0.1, -0.05) is 26.7 Å². The molecule has 0 aromatic carbocycles. The Morgan fingerprint density at radius 2 is 1.15 bits per heavy atom. The molecule has 0 aliphatic carbocycles. The summed E-state index contributed by atoms with van der Waals surface area (Å²) in [5, 5.41) is 19.9. The second-order valence-corrected chi connectivity index (χ2v) is 2.58. The first-order valence-corrected chi connectivity index (χ1v) is 4.24. The standard InChI is InChI=1S/2C5H10O.Zn/c2*1-3-4-5(2)6;/h2*6H,2-4H2,1H3;/q;;+2/p-2. The van der Waals surface area contributed by atoms with E-state index in [1.807, 2.05) is 13.8 Å². The molecule has 0 heterocycles. The van der Waals surface area contributed by atoms with Gasteiger partial charge in [-0.2, -0.15) is 0 Å². The molecule has 0 saturated carbocycles. The van der Waals surface area contributed by atoms with Crippen LogP contribution in [0, 0.1) is 0 Å². The van der Waals surface area contributed by atoms with Crippen molar-refractivity contribution in [2.24, 2.45) is 0 Å². The Morgan fingerprint density at radius 1 is 0.923 bits per heavy atom. The predicted molar refractivity (Wildman–Crippen MR) is 48.1 cm³/mol. The van der Waals surface area contributed by atoms with Gasteiger partial charge in [0.1, 0.15) is 0 Å². The summed E-state index contributed by atoms with van der Waals surface area (Å²) in [5.41, 5.74) is 0. The van der Waals surface area contributed by atoms with Crippen LogP contribution in [0.15, 0.2) is 24.7 Å². The Labute approximate surface area is 94.1 Å². The van der Waals surface area contributed by atoms with Gasteiger partial charge in [0.2, 0.25) is 0 Å². The third-order valence-electron chi connectivity index (χ3n) is 1.06. The van der Waals surface area contributed by atoms with Gasteiger partial charge in [0.25, 0.3) is 0 Å². The maximum absolute atomic E-state index is 9.93. The molecule has 0 amide bonds. The maximum Gasteiger partial charge on any atom is 2.00 e. The molecule has 0 aliphatic heterocycles. The van der Waals surface area contributed by atoms with Gasteiger partial charge in [-0.3, -0.25) is 0 Å². The minimum Gasteiger partial charge on any atom is -0.876 e. The second kappa shape index (κ2) is 14.2. The van der Waals surface area contributed by atoms with Gasteiger partial charge >= 0.3 is 19.5 Å². The molecule has 0 aromatic heterocycles. The Hall–Kier alpha value is -0.297.